The van der Waals surface area contributed by atoms with Crippen LogP contribution in [-0.2, 0) is 30.4 Å². The van der Waals surface area contributed by atoms with Gasteiger partial charge in [0.25, 0.3) is 0 Å². The van der Waals surface area contributed by atoms with Gasteiger partial charge < -0.3 is 42.7 Å². The number of hydrogen-bond acceptors (Lipinski definition) is 8. The maximum atomic E-state index is 13.2. The first kappa shape index (κ1) is 32.3. The highest BCUT2D eigenvalue weighted by Gasteiger charge is 2.31. The van der Waals surface area contributed by atoms with E-state index in [1.807, 2.05) is 13.8 Å². The number of nitrogens with two attached hydrogens (primary N) is 2. The Balaban J connectivity index is 3.16. The van der Waals surface area contributed by atoms with Crippen LogP contribution in [0.4, 0.5) is 0 Å². The highest BCUT2D eigenvalue weighted by molar-refractivity contribution is 5.94. The highest BCUT2D eigenvalue weighted by atomic mass is 16.4. The third-order valence-electron chi connectivity index (χ3n) is 5.64. The van der Waals surface area contributed by atoms with Gasteiger partial charge in [-0.15, -0.1) is 0 Å². The second kappa shape index (κ2) is 16.2. The number of carbonyl (C=O) groups is 5. The number of benzene rings is 1. The summed E-state index contributed by atoms with van der Waals surface area (Å²) in [5.74, 6) is -5.02. The Kier molecular flexibility index (Phi) is 13.8. The smallest absolute Gasteiger partial charge is 0.326 e. The number of unbranched alkanes of at least 4 members (excludes halogenated alkanes) is 1. The van der Waals surface area contributed by atoms with Gasteiger partial charge in [-0.25, -0.2) is 4.79 Å². The van der Waals surface area contributed by atoms with Gasteiger partial charge in [0, 0.05) is 6.42 Å². The maximum Gasteiger partial charge on any atom is 0.326 e. The SMILES string of the molecule is CC(C)CC(N)C(=O)NC(CCCCN)C(=O)NC(Cc1ccc(O)cc1)C(=O)NC(CC(=O)O)C(=O)O. The zero-order valence-electron chi connectivity index (χ0n) is 21.7. The van der Waals surface area contributed by atoms with Crippen LogP contribution in [0.1, 0.15) is 51.5 Å². The van der Waals surface area contributed by atoms with Gasteiger partial charge in [-0.05, 0) is 55.8 Å². The van der Waals surface area contributed by atoms with Crippen LogP contribution in [0, 0.1) is 5.92 Å². The number of amides is 3. The van der Waals surface area contributed by atoms with E-state index in [0.29, 0.717) is 31.4 Å². The molecule has 4 atom stereocenters. The fourth-order valence-corrected chi connectivity index (χ4v) is 3.65. The minimum atomic E-state index is -1.73. The molecule has 1 aromatic rings. The van der Waals surface area contributed by atoms with Gasteiger partial charge in [-0.2, -0.15) is 0 Å². The molecule has 212 valence electrons. The van der Waals surface area contributed by atoms with Crippen LogP contribution in [-0.4, -0.2) is 75.7 Å². The third kappa shape index (κ3) is 12.0. The number of phenolic OH excluding ortho intramolecular Hbond substituents is 1. The fourth-order valence-electron chi connectivity index (χ4n) is 3.65. The minimum Gasteiger partial charge on any atom is -0.508 e. The summed E-state index contributed by atoms with van der Waals surface area (Å²) in [7, 11) is 0. The van der Waals surface area contributed by atoms with E-state index in [1.165, 1.54) is 24.3 Å². The summed E-state index contributed by atoms with van der Waals surface area (Å²) in [6.45, 7) is 4.18. The van der Waals surface area contributed by atoms with Gasteiger partial charge >= 0.3 is 11.9 Å². The lowest BCUT2D eigenvalue weighted by Crippen LogP contribution is -2.57. The zero-order chi connectivity index (χ0) is 28.8. The zero-order valence-corrected chi connectivity index (χ0v) is 21.7. The molecule has 0 aliphatic rings. The topological polar surface area (TPSA) is 234 Å². The van der Waals surface area contributed by atoms with Crippen molar-refractivity contribution in [1.29, 1.82) is 0 Å². The molecule has 13 heteroatoms. The number of rotatable bonds is 17. The molecule has 0 aliphatic heterocycles. The molecular weight excluding hydrogens is 498 g/mol. The number of hydrogen-bond donors (Lipinski definition) is 8. The summed E-state index contributed by atoms with van der Waals surface area (Å²) in [6.07, 6.45) is 0.732. The molecule has 10 N–H and O–H groups in total. The van der Waals surface area contributed by atoms with Gasteiger partial charge in [0.05, 0.1) is 12.5 Å². The lowest BCUT2D eigenvalue weighted by Gasteiger charge is -2.25. The number of nitrogens with one attached hydrogen (secondary N) is 3. The standard InChI is InChI=1S/C25H39N5O8/c1-14(2)11-17(27)22(34)28-18(5-3-4-10-26)23(35)29-19(12-15-6-8-16(31)9-7-15)24(36)30-20(25(37)38)13-21(32)33/h6-9,14,17-20,31H,3-5,10-13,26-27H2,1-2H3,(H,28,34)(H,29,35)(H,30,36)(H,32,33)(H,37,38). The molecule has 0 aliphatic carbocycles. The quantitative estimate of drug-likeness (QED) is 0.118. The van der Waals surface area contributed by atoms with Crippen LogP contribution in [0.15, 0.2) is 24.3 Å². The summed E-state index contributed by atoms with van der Waals surface area (Å²) in [4.78, 5) is 61.4. The predicted molar refractivity (Wildman–Crippen MR) is 138 cm³/mol. The molecule has 1 rings (SSSR count). The molecule has 0 fully saturated rings. The molecule has 3 amide bonds. The Morgan fingerprint density at radius 1 is 0.842 bits per heavy atom. The van der Waals surface area contributed by atoms with Gasteiger partial charge in [-0.1, -0.05) is 26.0 Å². The average Bonchev–Trinajstić information content (AvgIpc) is 2.82. The van der Waals surface area contributed by atoms with Crippen LogP contribution in [0.25, 0.3) is 0 Å². The highest BCUT2D eigenvalue weighted by Crippen LogP contribution is 2.13. The number of phenols is 1. The van der Waals surface area contributed by atoms with Gasteiger partial charge in [0.2, 0.25) is 17.7 Å². The Hall–Kier alpha value is -3.71. The van der Waals surface area contributed by atoms with Crippen molar-refractivity contribution in [2.75, 3.05) is 6.54 Å². The molecule has 38 heavy (non-hydrogen) atoms. The van der Waals surface area contributed by atoms with Gasteiger partial charge in [-0.3, -0.25) is 19.2 Å². The van der Waals surface area contributed by atoms with Crippen LogP contribution in [0.3, 0.4) is 0 Å². The summed E-state index contributed by atoms with van der Waals surface area (Å²) < 4.78 is 0. The predicted octanol–water partition coefficient (Wildman–Crippen LogP) is -0.549. The molecule has 0 radical (unpaired) electrons. The second-order valence-corrected chi connectivity index (χ2v) is 9.51. The summed E-state index contributed by atoms with van der Waals surface area (Å²) in [5.41, 5.74) is 12.0. The lowest BCUT2D eigenvalue weighted by molar-refractivity contribution is -0.147. The first-order valence-corrected chi connectivity index (χ1v) is 12.4. The normalized spacial score (nSPS) is 14.1. The van der Waals surface area contributed by atoms with E-state index in [0.717, 1.165) is 0 Å². The van der Waals surface area contributed by atoms with E-state index in [2.05, 4.69) is 16.0 Å². The van der Waals surface area contributed by atoms with Crippen LogP contribution >= 0.6 is 0 Å². The first-order chi connectivity index (χ1) is 17.8. The van der Waals surface area contributed by atoms with Gasteiger partial charge in [0.15, 0.2) is 0 Å². The van der Waals surface area contributed by atoms with E-state index in [1.54, 1.807) is 0 Å². The van der Waals surface area contributed by atoms with E-state index in [9.17, 15) is 34.2 Å². The van der Waals surface area contributed by atoms with Gasteiger partial charge in [0.1, 0.15) is 23.9 Å². The third-order valence-corrected chi connectivity index (χ3v) is 5.64. The summed E-state index contributed by atoms with van der Waals surface area (Å²) in [5, 5.41) is 35.2. The van der Waals surface area contributed by atoms with Crippen molar-refractivity contribution in [3.8, 4) is 5.75 Å². The van der Waals surface area contributed by atoms with E-state index >= 15 is 0 Å². The molecule has 0 saturated heterocycles. The molecule has 0 heterocycles. The molecular formula is C25H39N5O8. The Morgan fingerprint density at radius 2 is 1.39 bits per heavy atom. The number of carbonyl (C=O) groups excluding carboxylic acids is 3. The largest absolute Gasteiger partial charge is 0.508 e. The van der Waals surface area contributed by atoms with Crippen molar-refractivity contribution in [1.82, 2.24) is 16.0 Å². The number of aromatic hydroxyl groups is 1. The summed E-state index contributed by atoms with van der Waals surface area (Å²) >= 11 is 0. The molecule has 1 aromatic carbocycles. The number of aliphatic carboxylic acids is 2. The van der Waals surface area contributed by atoms with Crippen LogP contribution in [0.5, 0.6) is 5.75 Å². The van der Waals surface area contributed by atoms with Crippen molar-refractivity contribution in [2.24, 2.45) is 17.4 Å². The van der Waals surface area contributed by atoms with Crippen LogP contribution < -0.4 is 27.4 Å². The lowest BCUT2D eigenvalue weighted by atomic mass is 10.0. The van der Waals surface area contributed by atoms with Crippen molar-refractivity contribution < 1.29 is 39.3 Å². The van der Waals surface area contributed by atoms with Crippen molar-refractivity contribution in [3.05, 3.63) is 29.8 Å². The maximum absolute atomic E-state index is 13.2. The van der Waals surface area contributed by atoms with E-state index in [4.69, 9.17) is 16.6 Å². The monoisotopic (exact) mass is 537 g/mol. The molecule has 0 aromatic heterocycles. The van der Waals surface area contributed by atoms with Crippen molar-refractivity contribution in [2.45, 2.75) is 76.5 Å². The van der Waals surface area contributed by atoms with E-state index in [-0.39, 0.29) is 24.5 Å². The molecule has 0 spiro atoms. The Morgan fingerprint density at radius 3 is 1.92 bits per heavy atom. The molecule has 0 saturated carbocycles. The number of carboxylic acid groups (broad SMARTS) is 2. The van der Waals surface area contributed by atoms with Crippen molar-refractivity contribution in [3.63, 3.8) is 0 Å². The van der Waals surface area contributed by atoms with E-state index < -0.39 is 60.2 Å². The second-order valence-electron chi connectivity index (χ2n) is 9.51. The minimum absolute atomic E-state index is 0.0217. The van der Waals surface area contributed by atoms with Crippen molar-refractivity contribution >= 4 is 29.7 Å². The first-order valence-electron chi connectivity index (χ1n) is 12.4. The molecule has 4 unspecified atom stereocenters. The Labute approximate surface area is 221 Å². The number of carboxylic acids is 2. The fraction of sp³-hybridized carbons (Fsp3) is 0.560. The average molecular weight is 538 g/mol. The molecule has 13 nitrogen and oxygen atoms in total. The molecule has 0 bridgehead atoms. The van der Waals surface area contributed by atoms with Crippen LogP contribution in [0.2, 0.25) is 0 Å². The summed E-state index contributed by atoms with van der Waals surface area (Å²) in [6, 6.07) is 0.845. The Bertz CT molecular complexity index is 954.